The molecule has 0 saturated heterocycles. The van der Waals surface area contributed by atoms with Crippen molar-refractivity contribution in [1.82, 2.24) is 0 Å². The van der Waals surface area contributed by atoms with Gasteiger partial charge in [-0.15, -0.1) is 0 Å². The van der Waals surface area contributed by atoms with Crippen molar-refractivity contribution in [3.05, 3.63) is 0 Å². The number of aliphatic hydroxyl groups excluding tert-OH is 2. The maximum absolute atomic E-state index is 11.7. The molecule has 0 aromatic rings. The van der Waals surface area contributed by atoms with E-state index in [2.05, 4.69) is 0 Å². The molecule has 0 heterocycles. The van der Waals surface area contributed by atoms with Crippen LogP contribution in [-0.2, 0) is 9.59 Å². The van der Waals surface area contributed by atoms with Gasteiger partial charge in [0.25, 0.3) is 0 Å². The fourth-order valence-corrected chi connectivity index (χ4v) is 1.64. The number of rotatable bonds is 11. The summed E-state index contributed by atoms with van der Waals surface area (Å²) in [5, 5.41) is 18.2. The minimum absolute atomic E-state index is 0.0649. The highest BCUT2D eigenvalue weighted by molar-refractivity contribution is 5.85. The highest BCUT2D eigenvalue weighted by atomic mass is 16.3. The molecular weight excluding hydrogens is 256 g/mol. The molecule has 0 aromatic carbocycles. The predicted octanol–water partition coefficient (Wildman–Crippen LogP) is 2.50. The molecule has 4 nitrogen and oxygen atoms in total. The molecule has 0 spiro atoms. The van der Waals surface area contributed by atoms with Crippen LogP contribution in [0.4, 0.5) is 0 Å². The molecule has 0 aliphatic rings. The second-order valence-electron chi connectivity index (χ2n) is 7.22. The Kier molecular flexibility index (Phi) is 8.21. The van der Waals surface area contributed by atoms with Gasteiger partial charge in [-0.25, -0.2) is 0 Å². The van der Waals surface area contributed by atoms with Crippen LogP contribution in [0.25, 0.3) is 0 Å². The van der Waals surface area contributed by atoms with Gasteiger partial charge < -0.3 is 10.2 Å². The lowest BCUT2D eigenvalue weighted by Gasteiger charge is -2.21. The van der Waals surface area contributed by atoms with Gasteiger partial charge in [0.1, 0.15) is 11.6 Å². The van der Waals surface area contributed by atoms with Gasteiger partial charge >= 0.3 is 0 Å². The molecule has 0 aromatic heterocycles. The summed E-state index contributed by atoms with van der Waals surface area (Å²) in [4.78, 5) is 23.4. The highest BCUT2D eigenvalue weighted by Crippen LogP contribution is 2.23. The topological polar surface area (TPSA) is 74.6 Å². The molecule has 118 valence electrons. The largest absolute Gasteiger partial charge is 0.396 e. The van der Waals surface area contributed by atoms with E-state index in [9.17, 15) is 9.59 Å². The van der Waals surface area contributed by atoms with Crippen LogP contribution in [0.2, 0.25) is 0 Å². The van der Waals surface area contributed by atoms with Crippen LogP contribution < -0.4 is 0 Å². The zero-order valence-electron chi connectivity index (χ0n) is 13.4. The van der Waals surface area contributed by atoms with Crippen LogP contribution >= 0.6 is 0 Å². The monoisotopic (exact) mass is 286 g/mol. The molecule has 0 unspecified atom stereocenters. The van der Waals surface area contributed by atoms with Gasteiger partial charge in [0.15, 0.2) is 0 Å². The van der Waals surface area contributed by atoms with E-state index in [0.29, 0.717) is 38.5 Å². The zero-order valence-corrected chi connectivity index (χ0v) is 13.4. The van der Waals surface area contributed by atoms with Crippen LogP contribution in [0.15, 0.2) is 0 Å². The summed E-state index contributed by atoms with van der Waals surface area (Å²) < 4.78 is 0. The smallest absolute Gasteiger partial charge is 0.133 e. The third kappa shape index (κ3) is 9.21. The summed E-state index contributed by atoms with van der Waals surface area (Å²) in [6.07, 6.45) is 2.72. The van der Waals surface area contributed by atoms with E-state index in [1.165, 1.54) is 0 Å². The lowest BCUT2D eigenvalue weighted by atomic mass is 9.86. The van der Waals surface area contributed by atoms with Crippen molar-refractivity contribution in [2.24, 2.45) is 10.8 Å². The molecule has 0 atom stereocenters. The molecule has 0 aliphatic heterocycles. The number of hydrogen-bond donors (Lipinski definition) is 2. The van der Waals surface area contributed by atoms with Crippen molar-refractivity contribution in [2.45, 2.75) is 66.2 Å². The van der Waals surface area contributed by atoms with E-state index in [0.717, 1.165) is 0 Å². The van der Waals surface area contributed by atoms with Crippen LogP contribution in [-0.4, -0.2) is 35.0 Å². The normalized spacial score (nSPS) is 12.5. The number of aliphatic hydroxyl groups is 2. The number of carbonyl (C=O) groups excluding carboxylic acids is 2. The van der Waals surface area contributed by atoms with Crippen molar-refractivity contribution in [3.63, 3.8) is 0 Å². The van der Waals surface area contributed by atoms with E-state index in [1.54, 1.807) is 0 Å². The zero-order chi connectivity index (χ0) is 15.8. The molecule has 0 saturated carbocycles. The molecule has 0 amide bonds. The standard InChI is InChI=1S/C16H30O4/c1-15(2,11-17)9-7-13(19)5-6-14(20)8-10-16(3,4)12-18/h17-18H,5-12H2,1-4H3. The summed E-state index contributed by atoms with van der Waals surface area (Å²) in [5.41, 5.74) is -0.463. The average Bonchev–Trinajstić information content (AvgIpc) is 2.40. The molecule has 2 N–H and O–H groups in total. The Morgan fingerprint density at radius 3 is 1.25 bits per heavy atom. The Labute approximate surface area is 122 Å². The van der Waals surface area contributed by atoms with E-state index in [1.807, 2.05) is 27.7 Å². The summed E-state index contributed by atoms with van der Waals surface area (Å²) in [6, 6.07) is 0. The third-order valence-corrected chi connectivity index (χ3v) is 3.70. The summed E-state index contributed by atoms with van der Waals surface area (Å²) in [5.74, 6) is 0.169. The molecule has 4 heteroatoms. The van der Waals surface area contributed by atoms with Crippen LogP contribution in [0.5, 0.6) is 0 Å². The third-order valence-electron chi connectivity index (χ3n) is 3.70. The molecule has 0 radical (unpaired) electrons. The summed E-state index contributed by atoms with van der Waals surface area (Å²) in [6.45, 7) is 7.81. The van der Waals surface area contributed by atoms with E-state index in [-0.39, 0.29) is 35.6 Å². The van der Waals surface area contributed by atoms with Crippen molar-refractivity contribution in [2.75, 3.05) is 13.2 Å². The average molecular weight is 286 g/mol. The molecule has 0 aliphatic carbocycles. The van der Waals surface area contributed by atoms with Crippen molar-refractivity contribution < 1.29 is 19.8 Å². The second-order valence-corrected chi connectivity index (χ2v) is 7.22. The number of Topliss-reactive ketones (excluding diaryl/α,β-unsaturated/α-hetero) is 2. The number of hydrogen-bond acceptors (Lipinski definition) is 4. The van der Waals surface area contributed by atoms with Crippen LogP contribution in [0.1, 0.15) is 66.2 Å². The maximum Gasteiger partial charge on any atom is 0.133 e. The number of ketones is 2. The van der Waals surface area contributed by atoms with Gasteiger partial charge in [0, 0.05) is 38.9 Å². The van der Waals surface area contributed by atoms with Crippen molar-refractivity contribution in [1.29, 1.82) is 0 Å². The van der Waals surface area contributed by atoms with Gasteiger partial charge in [-0.1, -0.05) is 27.7 Å². The van der Waals surface area contributed by atoms with E-state index in [4.69, 9.17) is 10.2 Å². The molecule has 0 fully saturated rings. The quantitative estimate of drug-likeness (QED) is 0.612. The Balaban J connectivity index is 3.87. The Morgan fingerprint density at radius 1 is 0.700 bits per heavy atom. The first kappa shape index (κ1) is 19.3. The Morgan fingerprint density at radius 2 is 1.00 bits per heavy atom. The Hall–Kier alpha value is -0.740. The van der Waals surface area contributed by atoms with Crippen molar-refractivity contribution in [3.8, 4) is 0 Å². The molecule has 20 heavy (non-hydrogen) atoms. The van der Waals surface area contributed by atoms with Gasteiger partial charge in [-0.2, -0.15) is 0 Å². The highest BCUT2D eigenvalue weighted by Gasteiger charge is 2.20. The summed E-state index contributed by atoms with van der Waals surface area (Å²) >= 11 is 0. The van der Waals surface area contributed by atoms with Crippen LogP contribution in [0, 0.1) is 10.8 Å². The molecule has 0 rings (SSSR count). The first-order chi connectivity index (χ1) is 9.12. The SMILES string of the molecule is CC(C)(CO)CCC(=O)CCC(=O)CCC(C)(C)CO. The fourth-order valence-electron chi connectivity index (χ4n) is 1.64. The maximum atomic E-state index is 11.7. The second kappa shape index (κ2) is 8.53. The van der Waals surface area contributed by atoms with Gasteiger partial charge in [0.05, 0.1) is 0 Å². The van der Waals surface area contributed by atoms with E-state index < -0.39 is 0 Å². The van der Waals surface area contributed by atoms with Gasteiger partial charge in [-0.05, 0) is 23.7 Å². The number of carbonyl (C=O) groups is 2. The van der Waals surface area contributed by atoms with Crippen molar-refractivity contribution >= 4 is 11.6 Å². The Bertz CT molecular complexity index is 286. The summed E-state index contributed by atoms with van der Waals surface area (Å²) in [7, 11) is 0. The first-order valence-electron chi connectivity index (χ1n) is 7.37. The van der Waals surface area contributed by atoms with Crippen LogP contribution in [0.3, 0.4) is 0 Å². The molecule has 0 bridgehead atoms. The van der Waals surface area contributed by atoms with Gasteiger partial charge in [-0.3, -0.25) is 9.59 Å². The first-order valence-corrected chi connectivity index (χ1v) is 7.37. The predicted molar refractivity (Wildman–Crippen MR) is 79.4 cm³/mol. The molecular formula is C16H30O4. The minimum atomic E-state index is -0.231. The lowest BCUT2D eigenvalue weighted by Crippen LogP contribution is -2.19. The lowest BCUT2D eigenvalue weighted by molar-refractivity contribution is -0.124. The minimum Gasteiger partial charge on any atom is -0.396 e. The van der Waals surface area contributed by atoms with E-state index >= 15 is 0 Å². The fraction of sp³-hybridized carbons (Fsp3) is 0.875. The van der Waals surface area contributed by atoms with Gasteiger partial charge in [0.2, 0.25) is 0 Å².